The number of benzene rings is 2. The summed E-state index contributed by atoms with van der Waals surface area (Å²) < 4.78 is 24.7. The second-order valence-corrected chi connectivity index (χ2v) is 8.89. The second kappa shape index (κ2) is 10.2. The molecular weight excluding hydrogens is 473 g/mol. The van der Waals surface area contributed by atoms with Crippen molar-refractivity contribution in [1.29, 1.82) is 0 Å². The molecule has 10 heteroatoms. The maximum Gasteiger partial charge on any atom is 0.248 e. The fourth-order valence-electron chi connectivity index (χ4n) is 4.65. The zero-order valence-corrected chi connectivity index (χ0v) is 19.9. The van der Waals surface area contributed by atoms with Gasteiger partial charge in [-0.1, -0.05) is 17.7 Å². The summed E-state index contributed by atoms with van der Waals surface area (Å²) >= 11 is 5.90. The van der Waals surface area contributed by atoms with E-state index in [1.54, 1.807) is 18.2 Å². The van der Waals surface area contributed by atoms with Crippen LogP contribution in [0.4, 0.5) is 21.6 Å². The molecule has 2 fully saturated rings. The Morgan fingerprint density at radius 3 is 3.03 bits per heavy atom. The summed E-state index contributed by atoms with van der Waals surface area (Å²) in [5, 5.41) is 6.67. The van der Waals surface area contributed by atoms with Gasteiger partial charge in [-0.05, 0) is 37.1 Å². The smallest absolute Gasteiger partial charge is 0.248 e. The molecule has 5 rings (SSSR count). The van der Waals surface area contributed by atoms with E-state index in [9.17, 15) is 9.18 Å². The quantitative estimate of drug-likeness (QED) is 0.463. The molecule has 0 bridgehead atoms. The van der Waals surface area contributed by atoms with Gasteiger partial charge < -0.3 is 20.1 Å². The van der Waals surface area contributed by atoms with E-state index in [-0.39, 0.29) is 10.9 Å². The first kappa shape index (κ1) is 23.5. The molecule has 3 heterocycles. The number of amides is 1. The maximum atomic E-state index is 13.5. The Hall–Kier alpha value is -3.27. The van der Waals surface area contributed by atoms with Crippen molar-refractivity contribution in [1.82, 2.24) is 14.9 Å². The number of hydrogen-bond acceptors (Lipinski definition) is 7. The zero-order chi connectivity index (χ0) is 24.4. The van der Waals surface area contributed by atoms with E-state index in [0.717, 1.165) is 26.0 Å². The number of carbonyl (C=O) groups excluding carboxylic acids is 1. The predicted molar refractivity (Wildman–Crippen MR) is 133 cm³/mol. The molecule has 0 radical (unpaired) electrons. The molecular formula is C25H25ClFN5O3. The average molecular weight is 498 g/mol. The highest BCUT2D eigenvalue weighted by Crippen LogP contribution is 2.34. The van der Waals surface area contributed by atoms with E-state index < -0.39 is 5.82 Å². The van der Waals surface area contributed by atoms with Gasteiger partial charge in [0, 0.05) is 49.0 Å². The van der Waals surface area contributed by atoms with E-state index in [1.165, 1.54) is 31.6 Å². The lowest BCUT2D eigenvalue weighted by molar-refractivity contribution is -0.111. The van der Waals surface area contributed by atoms with Crippen LogP contribution in [0.15, 0.2) is 48.8 Å². The van der Waals surface area contributed by atoms with Crippen molar-refractivity contribution >= 4 is 45.6 Å². The van der Waals surface area contributed by atoms with Gasteiger partial charge in [-0.25, -0.2) is 14.4 Å². The molecule has 0 saturated carbocycles. The first-order valence-electron chi connectivity index (χ1n) is 11.4. The van der Waals surface area contributed by atoms with Gasteiger partial charge in [0.1, 0.15) is 23.7 Å². The van der Waals surface area contributed by atoms with Gasteiger partial charge >= 0.3 is 0 Å². The number of halogens is 2. The number of carbonyl (C=O) groups is 1. The molecule has 2 aliphatic heterocycles. The highest BCUT2D eigenvalue weighted by Gasteiger charge is 2.37. The van der Waals surface area contributed by atoms with Gasteiger partial charge in [-0.2, -0.15) is 0 Å². The number of methoxy groups -OCH3 is 1. The third kappa shape index (κ3) is 5.07. The van der Waals surface area contributed by atoms with Crippen molar-refractivity contribution in [3.8, 4) is 5.75 Å². The molecule has 3 aromatic rings. The summed E-state index contributed by atoms with van der Waals surface area (Å²) in [7, 11) is 1.53. The molecule has 1 aromatic heterocycles. The summed E-state index contributed by atoms with van der Waals surface area (Å²) in [4.78, 5) is 23.6. The van der Waals surface area contributed by atoms with Crippen LogP contribution in [-0.2, 0) is 9.53 Å². The normalized spacial score (nSPS) is 19.9. The Morgan fingerprint density at radius 1 is 1.31 bits per heavy atom. The molecule has 8 nitrogen and oxygen atoms in total. The van der Waals surface area contributed by atoms with Crippen LogP contribution >= 0.6 is 11.6 Å². The van der Waals surface area contributed by atoms with Crippen LogP contribution in [0.25, 0.3) is 10.9 Å². The predicted octanol–water partition coefficient (Wildman–Crippen LogP) is 4.53. The van der Waals surface area contributed by atoms with Crippen molar-refractivity contribution in [3.05, 3.63) is 59.7 Å². The molecule has 2 aliphatic rings. The van der Waals surface area contributed by atoms with Gasteiger partial charge in [0.05, 0.1) is 29.4 Å². The van der Waals surface area contributed by atoms with Crippen LogP contribution in [0.5, 0.6) is 5.75 Å². The van der Waals surface area contributed by atoms with E-state index in [0.29, 0.717) is 52.5 Å². The molecule has 2 atom stereocenters. The molecule has 2 unspecified atom stereocenters. The molecule has 35 heavy (non-hydrogen) atoms. The lowest BCUT2D eigenvalue weighted by Gasteiger charge is -2.20. The van der Waals surface area contributed by atoms with E-state index >= 15 is 0 Å². The summed E-state index contributed by atoms with van der Waals surface area (Å²) in [5.74, 6) is 0.180. The highest BCUT2D eigenvalue weighted by molar-refractivity contribution is 6.31. The van der Waals surface area contributed by atoms with Crippen LogP contribution < -0.4 is 15.4 Å². The standard InChI is InChI=1S/C25H25ClFN5O3/c1-34-23-13-19-16(25(29-14-28-19)30-15-4-5-18(27)17(26)11-15)12-20(23)31-24(33)3-2-8-32-9-6-22-21(32)7-10-35-22/h2-5,11-14,21-22H,6-10H2,1H3,(H,31,33)(H,28,29,30)/b3-2+. The van der Waals surface area contributed by atoms with Crippen LogP contribution in [0.2, 0.25) is 5.02 Å². The summed E-state index contributed by atoms with van der Waals surface area (Å²) in [6, 6.07) is 8.23. The number of rotatable bonds is 7. The van der Waals surface area contributed by atoms with Crippen LogP contribution in [0, 0.1) is 5.82 Å². The third-order valence-electron chi connectivity index (χ3n) is 6.35. The Labute approximate surface area is 207 Å². The van der Waals surface area contributed by atoms with E-state index in [4.69, 9.17) is 21.1 Å². The van der Waals surface area contributed by atoms with Gasteiger partial charge in [0.15, 0.2) is 0 Å². The zero-order valence-electron chi connectivity index (χ0n) is 19.1. The van der Waals surface area contributed by atoms with Gasteiger partial charge in [-0.3, -0.25) is 9.69 Å². The minimum Gasteiger partial charge on any atom is -0.494 e. The number of likely N-dealkylation sites (tertiary alicyclic amines) is 1. The van der Waals surface area contributed by atoms with Crippen molar-refractivity contribution in [2.45, 2.75) is 25.0 Å². The third-order valence-corrected chi connectivity index (χ3v) is 6.64. The molecule has 182 valence electrons. The summed E-state index contributed by atoms with van der Waals surface area (Å²) in [5.41, 5.74) is 1.66. The fraction of sp³-hybridized carbons (Fsp3) is 0.320. The topological polar surface area (TPSA) is 88.6 Å². The van der Waals surface area contributed by atoms with Crippen molar-refractivity contribution in [2.24, 2.45) is 0 Å². The van der Waals surface area contributed by atoms with Crippen LogP contribution in [0.3, 0.4) is 0 Å². The molecule has 2 saturated heterocycles. The second-order valence-electron chi connectivity index (χ2n) is 8.49. The summed E-state index contributed by atoms with van der Waals surface area (Å²) in [6.45, 7) is 2.50. The maximum absolute atomic E-state index is 13.5. The van der Waals surface area contributed by atoms with E-state index in [2.05, 4.69) is 25.5 Å². The van der Waals surface area contributed by atoms with Crippen LogP contribution in [-0.4, -0.2) is 59.7 Å². The Kier molecular flexibility index (Phi) is 6.81. The number of fused-ring (bicyclic) bond motifs is 2. The lowest BCUT2D eigenvalue weighted by atomic mass is 10.1. The minimum absolute atomic E-state index is 0.000297. The monoisotopic (exact) mass is 497 g/mol. The lowest BCUT2D eigenvalue weighted by Crippen LogP contribution is -2.32. The SMILES string of the molecule is COc1cc2ncnc(Nc3ccc(F)c(Cl)c3)c2cc1NC(=O)/C=C/CN1CCC2OCCC21. The Bertz CT molecular complexity index is 1290. The molecule has 2 N–H and O–H groups in total. The molecule has 0 spiro atoms. The first-order valence-corrected chi connectivity index (χ1v) is 11.8. The molecule has 1 amide bonds. The van der Waals surface area contributed by atoms with Gasteiger partial charge in [0.25, 0.3) is 0 Å². The van der Waals surface area contributed by atoms with Crippen molar-refractivity contribution in [2.75, 3.05) is 37.4 Å². The number of hydrogen-bond donors (Lipinski definition) is 2. The Morgan fingerprint density at radius 2 is 2.20 bits per heavy atom. The van der Waals surface area contributed by atoms with E-state index in [1.807, 2.05) is 6.08 Å². The molecule has 0 aliphatic carbocycles. The highest BCUT2D eigenvalue weighted by atomic mass is 35.5. The first-order chi connectivity index (χ1) is 17.0. The van der Waals surface area contributed by atoms with Gasteiger partial charge in [-0.15, -0.1) is 0 Å². The molecule has 2 aromatic carbocycles. The largest absolute Gasteiger partial charge is 0.494 e. The van der Waals surface area contributed by atoms with Crippen molar-refractivity contribution < 1.29 is 18.7 Å². The fourth-order valence-corrected chi connectivity index (χ4v) is 4.83. The van der Waals surface area contributed by atoms with Gasteiger partial charge in [0.2, 0.25) is 5.91 Å². The number of nitrogens with one attached hydrogen (secondary N) is 2. The number of ether oxygens (including phenoxy) is 2. The van der Waals surface area contributed by atoms with Crippen LogP contribution in [0.1, 0.15) is 12.8 Å². The minimum atomic E-state index is -0.506. The van der Waals surface area contributed by atoms with Crippen molar-refractivity contribution in [3.63, 3.8) is 0 Å². The Balaban J connectivity index is 1.33. The average Bonchev–Trinajstić information content (AvgIpc) is 3.46. The number of nitrogens with zero attached hydrogens (tertiary/aromatic N) is 3. The number of aromatic nitrogens is 2. The number of anilines is 3. The summed E-state index contributed by atoms with van der Waals surface area (Å²) in [6.07, 6.45) is 7.24.